The van der Waals surface area contributed by atoms with Crippen molar-refractivity contribution in [3.63, 3.8) is 0 Å². The number of carbonyl (C=O) groups is 2. The van der Waals surface area contributed by atoms with Gasteiger partial charge in [0.05, 0.1) is 6.10 Å². The zero-order valence-corrected chi connectivity index (χ0v) is 13.0. The summed E-state index contributed by atoms with van der Waals surface area (Å²) in [5.41, 5.74) is -0.0803. The summed E-state index contributed by atoms with van der Waals surface area (Å²) in [5, 5.41) is 2.61. The minimum absolute atomic E-state index is 0.0525. The van der Waals surface area contributed by atoms with E-state index in [1.54, 1.807) is 7.11 Å². The Balaban J connectivity index is 2.24. The number of methoxy groups -OCH3 is 1. The van der Waals surface area contributed by atoms with E-state index in [4.69, 9.17) is 9.47 Å². The molecule has 0 spiro atoms. The fourth-order valence-electron chi connectivity index (χ4n) is 2.37. The number of ether oxygens (including phenoxy) is 2. The van der Waals surface area contributed by atoms with Gasteiger partial charge >= 0.3 is 5.97 Å². The van der Waals surface area contributed by atoms with Gasteiger partial charge < -0.3 is 14.8 Å². The predicted octanol–water partition coefficient (Wildman–Crippen LogP) is 2.04. The van der Waals surface area contributed by atoms with Gasteiger partial charge in [-0.1, -0.05) is 20.8 Å². The van der Waals surface area contributed by atoms with Crippen LogP contribution in [0.2, 0.25) is 0 Å². The van der Waals surface area contributed by atoms with Gasteiger partial charge in [-0.25, -0.2) is 0 Å². The van der Waals surface area contributed by atoms with Gasteiger partial charge in [-0.15, -0.1) is 0 Å². The van der Waals surface area contributed by atoms with Gasteiger partial charge in [-0.3, -0.25) is 9.59 Å². The van der Waals surface area contributed by atoms with Crippen molar-refractivity contribution in [2.24, 2.45) is 5.41 Å². The molecule has 1 fully saturated rings. The predicted molar refractivity (Wildman–Crippen MR) is 76.2 cm³/mol. The Morgan fingerprint density at radius 2 is 1.85 bits per heavy atom. The second kappa shape index (κ2) is 7.62. The number of amides is 1. The Kier molecular flexibility index (Phi) is 6.46. The fraction of sp³-hybridized carbons (Fsp3) is 0.867. The largest absolute Gasteiger partial charge is 0.461 e. The van der Waals surface area contributed by atoms with Gasteiger partial charge in [0, 0.05) is 20.0 Å². The molecule has 1 rings (SSSR count). The molecule has 1 saturated carbocycles. The SMILES string of the molecule is CO[C@H]1CCC[C@H](OC(=O)CNC(=O)CC(C)(C)C)C1. The van der Waals surface area contributed by atoms with Crippen LogP contribution in [0.15, 0.2) is 0 Å². The van der Waals surface area contributed by atoms with Crippen molar-refractivity contribution in [2.75, 3.05) is 13.7 Å². The number of nitrogens with one attached hydrogen (secondary N) is 1. The van der Waals surface area contributed by atoms with Gasteiger partial charge in [-0.05, 0) is 24.7 Å². The summed E-state index contributed by atoms with van der Waals surface area (Å²) in [6, 6.07) is 0. The summed E-state index contributed by atoms with van der Waals surface area (Å²) in [5.74, 6) is -0.484. The lowest BCUT2D eigenvalue weighted by Crippen LogP contribution is -2.36. The molecular formula is C15H27NO4. The first-order valence-electron chi connectivity index (χ1n) is 7.29. The van der Waals surface area contributed by atoms with E-state index in [-0.39, 0.29) is 36.0 Å². The molecule has 2 atom stereocenters. The van der Waals surface area contributed by atoms with Crippen LogP contribution in [0, 0.1) is 5.41 Å². The smallest absolute Gasteiger partial charge is 0.325 e. The minimum Gasteiger partial charge on any atom is -0.461 e. The third-order valence-electron chi connectivity index (χ3n) is 3.33. The highest BCUT2D eigenvalue weighted by atomic mass is 16.5. The van der Waals surface area contributed by atoms with E-state index >= 15 is 0 Å². The number of esters is 1. The normalized spacial score (nSPS) is 23.2. The zero-order chi connectivity index (χ0) is 15.2. The molecule has 116 valence electrons. The molecule has 1 aliphatic carbocycles. The Hall–Kier alpha value is -1.10. The van der Waals surface area contributed by atoms with Crippen molar-refractivity contribution in [3.05, 3.63) is 0 Å². The van der Waals surface area contributed by atoms with Crippen LogP contribution in [-0.2, 0) is 19.1 Å². The minimum atomic E-state index is -0.367. The van der Waals surface area contributed by atoms with Crippen LogP contribution in [0.4, 0.5) is 0 Å². The van der Waals surface area contributed by atoms with Crippen LogP contribution in [0.5, 0.6) is 0 Å². The number of hydrogen-bond acceptors (Lipinski definition) is 4. The van der Waals surface area contributed by atoms with Crippen molar-refractivity contribution >= 4 is 11.9 Å². The van der Waals surface area contributed by atoms with E-state index in [1.807, 2.05) is 20.8 Å². The van der Waals surface area contributed by atoms with E-state index in [9.17, 15) is 9.59 Å². The molecular weight excluding hydrogens is 258 g/mol. The van der Waals surface area contributed by atoms with Crippen LogP contribution in [0.25, 0.3) is 0 Å². The highest BCUT2D eigenvalue weighted by Crippen LogP contribution is 2.23. The lowest BCUT2D eigenvalue weighted by atomic mass is 9.92. The van der Waals surface area contributed by atoms with Crippen molar-refractivity contribution < 1.29 is 19.1 Å². The topological polar surface area (TPSA) is 64.6 Å². The summed E-state index contributed by atoms with van der Waals surface area (Å²) in [7, 11) is 1.68. The molecule has 5 heteroatoms. The van der Waals surface area contributed by atoms with Crippen LogP contribution >= 0.6 is 0 Å². The Labute approximate surface area is 121 Å². The van der Waals surface area contributed by atoms with Gasteiger partial charge in [0.15, 0.2) is 0 Å². The number of carbonyl (C=O) groups excluding carboxylic acids is 2. The van der Waals surface area contributed by atoms with Crippen molar-refractivity contribution in [1.29, 1.82) is 0 Å². The lowest BCUT2D eigenvalue weighted by Gasteiger charge is -2.28. The molecule has 0 unspecified atom stereocenters. The second-order valence-corrected chi connectivity index (χ2v) is 6.65. The van der Waals surface area contributed by atoms with E-state index in [2.05, 4.69) is 5.32 Å². The number of hydrogen-bond donors (Lipinski definition) is 1. The second-order valence-electron chi connectivity index (χ2n) is 6.65. The first-order chi connectivity index (χ1) is 9.30. The molecule has 1 amide bonds. The fourth-order valence-corrected chi connectivity index (χ4v) is 2.37. The maximum atomic E-state index is 11.7. The Bertz CT molecular complexity index is 335. The third-order valence-corrected chi connectivity index (χ3v) is 3.33. The van der Waals surface area contributed by atoms with Crippen molar-refractivity contribution in [1.82, 2.24) is 5.32 Å². The highest BCUT2D eigenvalue weighted by molar-refractivity contribution is 5.82. The summed E-state index contributed by atoms with van der Waals surface area (Å²) in [4.78, 5) is 23.3. The van der Waals surface area contributed by atoms with Gasteiger partial charge in [0.2, 0.25) is 5.91 Å². The van der Waals surface area contributed by atoms with E-state index in [0.717, 1.165) is 25.7 Å². The first kappa shape index (κ1) is 17.0. The molecule has 0 radical (unpaired) electrons. The summed E-state index contributed by atoms with van der Waals surface area (Å²) < 4.78 is 10.7. The summed E-state index contributed by atoms with van der Waals surface area (Å²) >= 11 is 0. The van der Waals surface area contributed by atoms with Crippen LogP contribution in [0.1, 0.15) is 52.9 Å². The molecule has 5 nitrogen and oxygen atoms in total. The molecule has 0 bridgehead atoms. The summed E-state index contributed by atoms with van der Waals surface area (Å²) in [6.07, 6.45) is 4.15. The molecule has 0 heterocycles. The van der Waals surface area contributed by atoms with Crippen molar-refractivity contribution in [2.45, 2.75) is 65.1 Å². The molecule has 0 aromatic carbocycles. The Morgan fingerprint density at radius 1 is 1.20 bits per heavy atom. The average Bonchev–Trinajstić information content (AvgIpc) is 2.34. The van der Waals surface area contributed by atoms with E-state index in [1.165, 1.54) is 0 Å². The molecule has 1 aliphatic rings. The highest BCUT2D eigenvalue weighted by Gasteiger charge is 2.25. The summed E-state index contributed by atoms with van der Waals surface area (Å²) in [6.45, 7) is 5.90. The zero-order valence-electron chi connectivity index (χ0n) is 13.0. The quantitative estimate of drug-likeness (QED) is 0.785. The lowest BCUT2D eigenvalue weighted by molar-refractivity contribution is -0.152. The molecule has 1 N–H and O–H groups in total. The monoisotopic (exact) mass is 285 g/mol. The average molecular weight is 285 g/mol. The van der Waals surface area contributed by atoms with Gasteiger partial charge in [0.25, 0.3) is 0 Å². The van der Waals surface area contributed by atoms with Gasteiger partial charge in [0.1, 0.15) is 12.6 Å². The van der Waals surface area contributed by atoms with Gasteiger partial charge in [-0.2, -0.15) is 0 Å². The third kappa shape index (κ3) is 6.89. The molecule has 0 aromatic rings. The van der Waals surface area contributed by atoms with Crippen LogP contribution < -0.4 is 5.32 Å². The number of rotatable bonds is 5. The molecule has 0 aliphatic heterocycles. The van der Waals surface area contributed by atoms with Crippen LogP contribution in [-0.4, -0.2) is 37.7 Å². The molecule has 0 saturated heterocycles. The molecule has 0 aromatic heterocycles. The standard InChI is InChI=1S/C15H27NO4/c1-15(2,3)9-13(17)16-10-14(18)20-12-7-5-6-11(8-12)19-4/h11-12H,5-10H2,1-4H3,(H,16,17)/t11-,12-/m0/s1. The van der Waals surface area contributed by atoms with Crippen molar-refractivity contribution in [3.8, 4) is 0 Å². The Morgan fingerprint density at radius 3 is 2.45 bits per heavy atom. The first-order valence-corrected chi connectivity index (χ1v) is 7.29. The maximum absolute atomic E-state index is 11.7. The molecule has 20 heavy (non-hydrogen) atoms. The maximum Gasteiger partial charge on any atom is 0.325 e. The van der Waals surface area contributed by atoms with Crippen LogP contribution in [0.3, 0.4) is 0 Å². The van der Waals surface area contributed by atoms with E-state index in [0.29, 0.717) is 6.42 Å². The van der Waals surface area contributed by atoms with E-state index < -0.39 is 0 Å².